The highest BCUT2D eigenvalue weighted by atomic mass is 32.1. The van der Waals surface area contributed by atoms with Crippen LogP contribution < -0.4 is 20.1 Å². The van der Waals surface area contributed by atoms with Crippen molar-refractivity contribution in [1.82, 2.24) is 15.6 Å². The van der Waals surface area contributed by atoms with Crippen LogP contribution in [0.2, 0.25) is 0 Å². The van der Waals surface area contributed by atoms with Crippen molar-refractivity contribution in [3.63, 3.8) is 0 Å². The summed E-state index contributed by atoms with van der Waals surface area (Å²) < 4.78 is 37.2. The topological polar surface area (TPSA) is 89.5 Å². The van der Waals surface area contributed by atoms with E-state index >= 15 is 0 Å². The third kappa shape index (κ3) is 6.19. The minimum atomic E-state index is -2.65. The normalized spacial score (nSPS) is 16.8. The van der Waals surface area contributed by atoms with Crippen LogP contribution in [0.1, 0.15) is 71.4 Å². The molecule has 1 aromatic heterocycles. The minimum absolute atomic E-state index is 0.0109. The van der Waals surface area contributed by atoms with Gasteiger partial charge >= 0.3 is 0 Å². The number of carbonyl (C=O) groups excluding carboxylic acids is 2. The van der Waals surface area contributed by atoms with Crippen molar-refractivity contribution in [2.45, 2.75) is 57.5 Å². The van der Waals surface area contributed by atoms with Crippen LogP contribution in [-0.2, 0) is 0 Å². The van der Waals surface area contributed by atoms with E-state index in [0.717, 1.165) is 0 Å². The molecule has 1 unspecified atom stereocenters. The van der Waals surface area contributed by atoms with E-state index in [9.17, 15) is 18.4 Å². The van der Waals surface area contributed by atoms with E-state index in [2.05, 4.69) is 15.6 Å². The lowest BCUT2D eigenvalue weighted by Crippen LogP contribution is -2.40. The van der Waals surface area contributed by atoms with Crippen LogP contribution in [0.5, 0.6) is 11.5 Å². The number of aromatic nitrogens is 1. The second-order valence-electron chi connectivity index (χ2n) is 8.44. The van der Waals surface area contributed by atoms with Crippen molar-refractivity contribution in [2.75, 3.05) is 14.2 Å². The fourth-order valence-corrected chi connectivity index (χ4v) is 4.72. The van der Waals surface area contributed by atoms with Crippen molar-refractivity contribution in [1.29, 1.82) is 0 Å². The first kappa shape index (κ1) is 24.9. The summed E-state index contributed by atoms with van der Waals surface area (Å²) in [5.41, 5.74) is 0.625. The number of halogens is 2. The number of benzene rings is 1. The average Bonchev–Trinajstić information content (AvgIpc) is 3.28. The quantitative estimate of drug-likeness (QED) is 0.576. The average molecular weight is 482 g/mol. The Balaban J connectivity index is 1.68. The Bertz CT molecular complexity index is 986. The lowest BCUT2D eigenvalue weighted by Gasteiger charge is -2.28. The fourth-order valence-electron chi connectivity index (χ4n) is 3.69. The molecular weight excluding hydrogens is 452 g/mol. The van der Waals surface area contributed by atoms with Crippen LogP contribution in [-0.4, -0.2) is 43.0 Å². The summed E-state index contributed by atoms with van der Waals surface area (Å²) in [5, 5.41) is 8.00. The number of nitrogens with one attached hydrogen (secondary N) is 2. The van der Waals surface area contributed by atoms with Gasteiger partial charge in [0.1, 0.15) is 10.7 Å². The Kier molecular flexibility index (Phi) is 7.88. The van der Waals surface area contributed by atoms with E-state index in [1.165, 1.54) is 25.6 Å². The molecule has 1 aliphatic carbocycles. The van der Waals surface area contributed by atoms with Gasteiger partial charge in [-0.05, 0) is 37.0 Å². The number of nitrogens with zero attached hydrogens (tertiary/aromatic N) is 1. The molecule has 1 heterocycles. The van der Waals surface area contributed by atoms with Gasteiger partial charge in [-0.25, -0.2) is 13.8 Å². The van der Waals surface area contributed by atoms with Crippen LogP contribution in [0.4, 0.5) is 8.78 Å². The molecular formula is C23H29F2N3O4S. The van der Waals surface area contributed by atoms with Gasteiger partial charge in [0.15, 0.2) is 11.5 Å². The number of thiazole rings is 1. The van der Waals surface area contributed by atoms with Crippen LogP contribution in [0.15, 0.2) is 23.6 Å². The number of methoxy groups -OCH3 is 2. The van der Waals surface area contributed by atoms with Gasteiger partial charge in [0.2, 0.25) is 5.92 Å². The lowest BCUT2D eigenvalue weighted by molar-refractivity contribution is -0.0399. The molecule has 1 aromatic carbocycles. The standard InChI is InChI=1S/C23H29F2N3O4S/c1-13(2)19(28-20(29)14-5-6-17(31-3)18(11-14)32-4)22-27-16(12-33-22)21(30)26-15-7-9-23(24,25)10-8-15/h5-6,11-13,15,19H,7-10H2,1-4H3,(H,26,30)(H,28,29). The molecule has 0 saturated heterocycles. The number of rotatable bonds is 8. The molecule has 0 radical (unpaired) electrons. The molecule has 2 N–H and O–H groups in total. The zero-order chi connectivity index (χ0) is 24.2. The summed E-state index contributed by atoms with van der Waals surface area (Å²) in [5.74, 6) is -2.37. The summed E-state index contributed by atoms with van der Waals surface area (Å²) in [4.78, 5) is 29.9. The summed E-state index contributed by atoms with van der Waals surface area (Å²) in [6, 6.07) is 4.20. The number of alkyl halides is 2. The third-order valence-electron chi connectivity index (χ3n) is 5.67. The van der Waals surface area contributed by atoms with Gasteiger partial charge in [-0.3, -0.25) is 9.59 Å². The Hall–Kier alpha value is -2.75. The Morgan fingerprint density at radius 2 is 1.79 bits per heavy atom. The molecule has 180 valence electrons. The zero-order valence-electron chi connectivity index (χ0n) is 19.1. The highest BCUT2D eigenvalue weighted by molar-refractivity contribution is 7.09. The molecule has 1 saturated carbocycles. The number of hydrogen-bond donors (Lipinski definition) is 2. The van der Waals surface area contributed by atoms with Crippen molar-refractivity contribution >= 4 is 23.2 Å². The summed E-state index contributed by atoms with van der Waals surface area (Å²) in [7, 11) is 3.02. The van der Waals surface area contributed by atoms with Gasteiger partial charge in [-0.2, -0.15) is 0 Å². The molecule has 2 amide bonds. The van der Waals surface area contributed by atoms with Gasteiger partial charge in [0.25, 0.3) is 11.8 Å². The maximum atomic E-state index is 13.3. The first-order valence-electron chi connectivity index (χ1n) is 10.8. The molecule has 33 heavy (non-hydrogen) atoms. The Morgan fingerprint density at radius 3 is 2.39 bits per heavy atom. The van der Waals surface area contributed by atoms with E-state index in [-0.39, 0.29) is 55.2 Å². The van der Waals surface area contributed by atoms with Crippen LogP contribution in [0.25, 0.3) is 0 Å². The van der Waals surface area contributed by atoms with E-state index in [0.29, 0.717) is 22.1 Å². The first-order chi connectivity index (χ1) is 15.6. The Morgan fingerprint density at radius 1 is 1.12 bits per heavy atom. The second kappa shape index (κ2) is 10.5. The van der Waals surface area contributed by atoms with Crippen molar-refractivity contribution < 1.29 is 27.8 Å². The monoisotopic (exact) mass is 481 g/mol. The third-order valence-corrected chi connectivity index (χ3v) is 6.60. The maximum Gasteiger partial charge on any atom is 0.270 e. The molecule has 0 aliphatic heterocycles. The molecule has 1 atom stereocenters. The van der Waals surface area contributed by atoms with Gasteiger partial charge in [-0.1, -0.05) is 13.8 Å². The fraction of sp³-hybridized carbons (Fsp3) is 0.522. The predicted octanol–water partition coefficient (Wildman–Crippen LogP) is 4.60. The largest absolute Gasteiger partial charge is 0.493 e. The first-order valence-corrected chi connectivity index (χ1v) is 11.7. The molecule has 2 aromatic rings. The predicted molar refractivity (Wildman–Crippen MR) is 121 cm³/mol. The molecule has 1 aliphatic rings. The number of carbonyl (C=O) groups is 2. The van der Waals surface area contributed by atoms with Crippen molar-refractivity contribution in [3.8, 4) is 11.5 Å². The Labute approximate surface area is 195 Å². The highest BCUT2D eigenvalue weighted by Crippen LogP contribution is 2.33. The smallest absolute Gasteiger partial charge is 0.270 e. The summed E-state index contributed by atoms with van der Waals surface area (Å²) >= 11 is 1.28. The number of hydrogen-bond acceptors (Lipinski definition) is 6. The molecule has 0 spiro atoms. The maximum absolute atomic E-state index is 13.3. The SMILES string of the molecule is COc1ccc(C(=O)NC(c2nc(C(=O)NC3CCC(F)(F)CC3)cs2)C(C)C)cc1OC. The second-order valence-corrected chi connectivity index (χ2v) is 9.33. The molecule has 0 bridgehead atoms. The number of ether oxygens (including phenoxy) is 2. The summed E-state index contributed by atoms with van der Waals surface area (Å²) in [6.07, 6.45) is 0.0349. The van der Waals surface area contributed by atoms with Gasteiger partial charge in [-0.15, -0.1) is 11.3 Å². The molecule has 10 heteroatoms. The minimum Gasteiger partial charge on any atom is -0.493 e. The lowest BCUT2D eigenvalue weighted by atomic mass is 9.92. The van der Waals surface area contributed by atoms with Crippen LogP contribution >= 0.6 is 11.3 Å². The number of amides is 2. The van der Waals surface area contributed by atoms with E-state index in [1.54, 1.807) is 23.6 Å². The van der Waals surface area contributed by atoms with E-state index in [4.69, 9.17) is 9.47 Å². The van der Waals surface area contributed by atoms with Crippen LogP contribution in [0.3, 0.4) is 0 Å². The van der Waals surface area contributed by atoms with E-state index < -0.39 is 12.0 Å². The van der Waals surface area contributed by atoms with Crippen LogP contribution in [0, 0.1) is 5.92 Å². The van der Waals surface area contributed by atoms with Crippen molar-refractivity contribution in [2.24, 2.45) is 5.92 Å². The van der Waals surface area contributed by atoms with Gasteiger partial charge in [0, 0.05) is 29.8 Å². The molecule has 3 rings (SSSR count). The van der Waals surface area contributed by atoms with Crippen molar-refractivity contribution in [3.05, 3.63) is 39.8 Å². The molecule has 7 nitrogen and oxygen atoms in total. The highest BCUT2D eigenvalue weighted by Gasteiger charge is 2.35. The van der Waals surface area contributed by atoms with E-state index in [1.807, 2.05) is 13.8 Å². The zero-order valence-corrected chi connectivity index (χ0v) is 19.9. The van der Waals surface area contributed by atoms with Gasteiger partial charge < -0.3 is 20.1 Å². The molecule has 1 fully saturated rings. The van der Waals surface area contributed by atoms with Gasteiger partial charge in [0.05, 0.1) is 20.3 Å². The summed E-state index contributed by atoms with van der Waals surface area (Å²) in [6.45, 7) is 3.89.